The summed E-state index contributed by atoms with van der Waals surface area (Å²) in [5, 5.41) is 6.14. The number of benzene rings is 1. The number of hydrogen-bond acceptors (Lipinski definition) is 4. The zero-order valence-corrected chi connectivity index (χ0v) is 13.8. The van der Waals surface area contributed by atoms with Gasteiger partial charge in [-0.15, -0.1) is 0 Å². The maximum atomic E-state index is 12.1. The fourth-order valence-corrected chi connectivity index (χ4v) is 2.72. The molecule has 126 valence electrons. The highest BCUT2D eigenvalue weighted by molar-refractivity contribution is 5.93. The van der Waals surface area contributed by atoms with Gasteiger partial charge < -0.3 is 20.1 Å². The SMILES string of the molecule is Cc1ccc(NC(=O)CNCC2CC2)c(OCC2CCCO2)c1. The first kappa shape index (κ1) is 16.3. The Morgan fingerprint density at radius 1 is 1.35 bits per heavy atom. The van der Waals surface area contributed by atoms with E-state index in [2.05, 4.69) is 10.6 Å². The first-order chi connectivity index (χ1) is 11.2. The van der Waals surface area contributed by atoms with Crippen LogP contribution in [-0.4, -0.2) is 38.3 Å². The summed E-state index contributed by atoms with van der Waals surface area (Å²) in [6, 6.07) is 5.84. The van der Waals surface area contributed by atoms with Crippen LogP contribution in [0.3, 0.4) is 0 Å². The number of rotatable bonds is 8. The van der Waals surface area contributed by atoms with Crippen molar-refractivity contribution < 1.29 is 14.3 Å². The lowest BCUT2D eigenvalue weighted by molar-refractivity contribution is -0.115. The van der Waals surface area contributed by atoms with Crippen molar-refractivity contribution in [2.45, 2.75) is 38.7 Å². The number of nitrogens with one attached hydrogen (secondary N) is 2. The highest BCUT2D eigenvalue weighted by atomic mass is 16.5. The predicted octanol–water partition coefficient (Wildman–Crippen LogP) is 2.49. The van der Waals surface area contributed by atoms with Crippen LogP contribution < -0.4 is 15.4 Å². The molecule has 1 amide bonds. The van der Waals surface area contributed by atoms with Gasteiger partial charge in [0.15, 0.2) is 0 Å². The molecule has 0 aromatic heterocycles. The molecule has 2 aliphatic rings. The van der Waals surface area contributed by atoms with Crippen molar-refractivity contribution in [1.82, 2.24) is 5.32 Å². The molecule has 0 radical (unpaired) electrons. The minimum atomic E-state index is -0.0310. The average molecular weight is 318 g/mol. The van der Waals surface area contributed by atoms with Crippen LogP contribution in [0.15, 0.2) is 18.2 Å². The number of anilines is 1. The van der Waals surface area contributed by atoms with E-state index < -0.39 is 0 Å². The fourth-order valence-electron chi connectivity index (χ4n) is 2.72. The molecule has 1 aromatic rings. The van der Waals surface area contributed by atoms with Gasteiger partial charge in [0.1, 0.15) is 12.4 Å². The van der Waals surface area contributed by atoms with Gasteiger partial charge in [-0.1, -0.05) is 6.07 Å². The van der Waals surface area contributed by atoms with Crippen molar-refractivity contribution in [1.29, 1.82) is 0 Å². The topological polar surface area (TPSA) is 59.6 Å². The molecule has 1 aliphatic carbocycles. The number of amides is 1. The summed E-state index contributed by atoms with van der Waals surface area (Å²) in [5.74, 6) is 1.46. The summed E-state index contributed by atoms with van der Waals surface area (Å²) in [4.78, 5) is 12.1. The van der Waals surface area contributed by atoms with Crippen molar-refractivity contribution in [2.75, 3.05) is 31.6 Å². The first-order valence-corrected chi connectivity index (χ1v) is 8.56. The lowest BCUT2D eigenvalue weighted by Crippen LogP contribution is -2.29. The molecule has 1 aromatic carbocycles. The summed E-state index contributed by atoms with van der Waals surface area (Å²) in [5.41, 5.74) is 1.84. The van der Waals surface area contributed by atoms with Crippen LogP contribution in [0.25, 0.3) is 0 Å². The molecule has 23 heavy (non-hydrogen) atoms. The molecule has 0 bridgehead atoms. The highest BCUT2D eigenvalue weighted by Gasteiger charge is 2.21. The Morgan fingerprint density at radius 2 is 2.22 bits per heavy atom. The third-order valence-electron chi connectivity index (χ3n) is 4.28. The summed E-state index contributed by atoms with van der Waals surface area (Å²) in [6.07, 6.45) is 4.87. The van der Waals surface area contributed by atoms with Gasteiger partial charge in [0.25, 0.3) is 0 Å². The lowest BCUT2D eigenvalue weighted by Gasteiger charge is -2.16. The molecule has 2 N–H and O–H groups in total. The van der Waals surface area contributed by atoms with E-state index in [1.54, 1.807) is 0 Å². The van der Waals surface area contributed by atoms with Gasteiger partial charge in [-0.05, 0) is 62.8 Å². The zero-order valence-electron chi connectivity index (χ0n) is 13.8. The maximum Gasteiger partial charge on any atom is 0.238 e. The Kier molecular flexibility index (Phi) is 5.51. The van der Waals surface area contributed by atoms with Gasteiger partial charge in [-0.2, -0.15) is 0 Å². The molecule has 1 saturated heterocycles. The zero-order chi connectivity index (χ0) is 16.1. The van der Waals surface area contributed by atoms with E-state index in [9.17, 15) is 4.79 Å². The van der Waals surface area contributed by atoms with Crippen molar-refractivity contribution in [2.24, 2.45) is 5.92 Å². The van der Waals surface area contributed by atoms with Crippen LogP contribution in [0.2, 0.25) is 0 Å². The van der Waals surface area contributed by atoms with Crippen molar-refractivity contribution in [3.8, 4) is 5.75 Å². The van der Waals surface area contributed by atoms with Gasteiger partial charge >= 0.3 is 0 Å². The van der Waals surface area contributed by atoms with E-state index in [1.165, 1.54) is 12.8 Å². The van der Waals surface area contributed by atoms with Crippen LogP contribution in [0.4, 0.5) is 5.69 Å². The van der Waals surface area contributed by atoms with Crippen LogP contribution in [0.5, 0.6) is 5.75 Å². The molecule has 5 heteroatoms. The molecular formula is C18H26N2O3. The molecule has 5 nitrogen and oxygen atoms in total. The van der Waals surface area contributed by atoms with Gasteiger partial charge in [-0.3, -0.25) is 4.79 Å². The van der Waals surface area contributed by atoms with Crippen LogP contribution >= 0.6 is 0 Å². The minimum absolute atomic E-state index is 0.0310. The number of ether oxygens (including phenoxy) is 2. The Morgan fingerprint density at radius 3 is 2.96 bits per heavy atom. The molecule has 3 rings (SSSR count). The Labute approximate surface area is 137 Å². The van der Waals surface area contributed by atoms with Gasteiger partial charge in [0.05, 0.1) is 18.3 Å². The number of aryl methyl sites for hydroxylation is 1. The van der Waals surface area contributed by atoms with E-state index >= 15 is 0 Å². The monoisotopic (exact) mass is 318 g/mol. The number of carbonyl (C=O) groups excluding carboxylic acids is 1. The van der Waals surface area contributed by atoms with Gasteiger partial charge in [0.2, 0.25) is 5.91 Å². The molecule has 1 aliphatic heterocycles. The molecular weight excluding hydrogens is 292 g/mol. The average Bonchev–Trinajstić information content (AvgIpc) is 3.20. The highest BCUT2D eigenvalue weighted by Crippen LogP contribution is 2.28. The first-order valence-electron chi connectivity index (χ1n) is 8.56. The quantitative estimate of drug-likeness (QED) is 0.773. The largest absolute Gasteiger partial charge is 0.489 e. The second kappa shape index (κ2) is 7.79. The molecule has 1 atom stereocenters. The van der Waals surface area contributed by atoms with E-state index in [4.69, 9.17) is 9.47 Å². The summed E-state index contributed by atoms with van der Waals surface area (Å²) in [7, 11) is 0. The normalized spacial score (nSPS) is 20.5. The van der Waals surface area contributed by atoms with Crippen molar-refractivity contribution in [3.63, 3.8) is 0 Å². The van der Waals surface area contributed by atoms with Crippen LogP contribution in [0.1, 0.15) is 31.2 Å². The van der Waals surface area contributed by atoms with Crippen molar-refractivity contribution in [3.05, 3.63) is 23.8 Å². The number of hydrogen-bond donors (Lipinski definition) is 2. The fraction of sp³-hybridized carbons (Fsp3) is 0.611. The van der Waals surface area contributed by atoms with Crippen molar-refractivity contribution >= 4 is 11.6 Å². The Bertz CT molecular complexity index is 537. The molecule has 1 heterocycles. The summed E-state index contributed by atoms with van der Waals surface area (Å²) >= 11 is 0. The van der Waals surface area contributed by atoms with E-state index in [0.29, 0.717) is 13.2 Å². The lowest BCUT2D eigenvalue weighted by atomic mass is 10.2. The third-order valence-corrected chi connectivity index (χ3v) is 4.28. The van der Waals surface area contributed by atoms with E-state index in [0.717, 1.165) is 48.9 Å². The van der Waals surface area contributed by atoms with E-state index in [-0.39, 0.29) is 12.0 Å². The maximum absolute atomic E-state index is 12.1. The molecule has 2 fully saturated rings. The third kappa shape index (κ3) is 5.22. The molecule has 1 saturated carbocycles. The predicted molar refractivity (Wildman–Crippen MR) is 89.9 cm³/mol. The standard InChI is InChI=1S/C18H26N2O3/c1-13-4-7-16(20-18(21)11-19-10-14-5-6-14)17(9-13)23-12-15-3-2-8-22-15/h4,7,9,14-15,19H,2-3,5-6,8,10-12H2,1H3,(H,20,21). The Hall–Kier alpha value is -1.59. The van der Waals surface area contributed by atoms with Crippen LogP contribution in [0, 0.1) is 12.8 Å². The van der Waals surface area contributed by atoms with E-state index in [1.807, 2.05) is 25.1 Å². The van der Waals surface area contributed by atoms with Gasteiger partial charge in [-0.25, -0.2) is 0 Å². The minimum Gasteiger partial charge on any atom is -0.489 e. The van der Waals surface area contributed by atoms with Crippen LogP contribution in [-0.2, 0) is 9.53 Å². The Balaban J connectivity index is 1.52. The second-order valence-corrected chi connectivity index (χ2v) is 6.57. The molecule has 1 unspecified atom stereocenters. The smallest absolute Gasteiger partial charge is 0.238 e. The summed E-state index contributed by atoms with van der Waals surface area (Å²) < 4.78 is 11.5. The second-order valence-electron chi connectivity index (χ2n) is 6.57. The number of carbonyl (C=O) groups is 1. The van der Waals surface area contributed by atoms with Gasteiger partial charge in [0, 0.05) is 6.61 Å². The summed E-state index contributed by atoms with van der Waals surface area (Å²) in [6.45, 7) is 4.64. The molecule has 0 spiro atoms.